The second kappa shape index (κ2) is 9.16. The predicted molar refractivity (Wildman–Crippen MR) is 103 cm³/mol. The molecule has 0 aromatic heterocycles. The number of nitrogens with one attached hydrogen (secondary N) is 1. The monoisotopic (exact) mass is 395 g/mol. The van der Waals surface area contributed by atoms with Crippen molar-refractivity contribution < 1.29 is 23.4 Å². The molecule has 1 aliphatic rings. The van der Waals surface area contributed by atoms with Crippen molar-refractivity contribution in [1.82, 2.24) is 5.32 Å². The molecule has 0 spiro atoms. The van der Waals surface area contributed by atoms with Gasteiger partial charge in [0.1, 0.15) is 18.2 Å². The largest absolute Gasteiger partial charge is 0.400 e. The van der Waals surface area contributed by atoms with Crippen molar-refractivity contribution in [3.8, 4) is 0 Å². The van der Waals surface area contributed by atoms with Crippen LogP contribution in [0.5, 0.6) is 0 Å². The Labute approximate surface area is 163 Å². The Kier molecular flexibility index (Phi) is 7.15. The normalized spacial score (nSPS) is 18.3. The maximum atomic E-state index is 13.9. The molecule has 1 amide bonds. The van der Waals surface area contributed by atoms with Crippen molar-refractivity contribution in [3.63, 3.8) is 0 Å². The van der Waals surface area contributed by atoms with Gasteiger partial charge in [0.15, 0.2) is 0 Å². The third-order valence-electron chi connectivity index (χ3n) is 4.35. The number of amides is 1. The van der Waals surface area contributed by atoms with Gasteiger partial charge in [0.25, 0.3) is 0 Å². The average Bonchev–Trinajstić information content (AvgIpc) is 2.60. The Morgan fingerprint density at radius 2 is 2.04 bits per heavy atom. The molecule has 2 rings (SSSR count). The molecule has 0 bridgehead atoms. The van der Waals surface area contributed by atoms with Gasteiger partial charge in [-0.15, -0.1) is 0 Å². The van der Waals surface area contributed by atoms with Crippen LogP contribution >= 0.6 is 0 Å². The Morgan fingerprint density at radius 1 is 1.39 bits per heavy atom. The number of hydrogen-bond acceptors (Lipinski definition) is 5. The second-order valence-electron chi connectivity index (χ2n) is 7.46. The number of benzene rings is 1. The number of allylic oxidation sites excluding steroid dienone is 2. The predicted octanol–water partition coefficient (Wildman–Crippen LogP) is 1.93. The van der Waals surface area contributed by atoms with Crippen LogP contribution in [0.15, 0.2) is 35.5 Å². The van der Waals surface area contributed by atoms with Crippen molar-refractivity contribution in [3.05, 3.63) is 52.7 Å². The van der Waals surface area contributed by atoms with Gasteiger partial charge in [0.2, 0.25) is 5.91 Å². The zero-order valence-electron chi connectivity index (χ0n) is 16.1. The highest BCUT2D eigenvalue weighted by Crippen LogP contribution is 2.28. The van der Waals surface area contributed by atoms with Crippen LogP contribution in [0.1, 0.15) is 38.7 Å². The molecule has 154 valence electrons. The van der Waals surface area contributed by atoms with E-state index in [4.69, 9.17) is 16.2 Å². The van der Waals surface area contributed by atoms with Gasteiger partial charge in [-0.1, -0.05) is 6.07 Å². The zero-order chi connectivity index (χ0) is 20.9. The molecule has 28 heavy (non-hydrogen) atoms. The first-order valence-electron chi connectivity index (χ1n) is 9.09. The Morgan fingerprint density at radius 3 is 2.64 bits per heavy atom. The van der Waals surface area contributed by atoms with Crippen LogP contribution in [0, 0.1) is 11.6 Å². The highest BCUT2D eigenvalue weighted by atomic mass is 19.1. The van der Waals surface area contributed by atoms with E-state index in [0.29, 0.717) is 24.1 Å². The summed E-state index contributed by atoms with van der Waals surface area (Å²) < 4.78 is 33.4. The first kappa shape index (κ1) is 21.8. The Bertz CT molecular complexity index is 765. The summed E-state index contributed by atoms with van der Waals surface area (Å²) in [6.45, 7) is 3.05. The zero-order valence-corrected chi connectivity index (χ0v) is 16.1. The molecule has 6 nitrogen and oxygen atoms in total. The molecule has 1 aliphatic carbocycles. The van der Waals surface area contributed by atoms with Gasteiger partial charge in [-0.3, -0.25) is 4.79 Å². The molecule has 6 N–H and O–H groups in total. The molecule has 0 saturated carbocycles. The molecule has 0 radical (unpaired) electrons. The minimum absolute atomic E-state index is 0.0582. The Balaban J connectivity index is 2.08. The van der Waals surface area contributed by atoms with E-state index in [1.807, 2.05) is 0 Å². The van der Waals surface area contributed by atoms with Gasteiger partial charge in [-0.25, -0.2) is 8.78 Å². The van der Waals surface area contributed by atoms with Crippen LogP contribution in [0.4, 0.5) is 8.78 Å². The fourth-order valence-electron chi connectivity index (χ4n) is 2.89. The highest BCUT2D eigenvalue weighted by Gasteiger charge is 2.23. The van der Waals surface area contributed by atoms with Crippen LogP contribution in [0.3, 0.4) is 0 Å². The van der Waals surface area contributed by atoms with Gasteiger partial charge in [-0.05, 0) is 56.9 Å². The smallest absolute Gasteiger partial charge is 0.246 e. The SMILES string of the molecule is CC(C)(O)CNC(=O)COC1CCCC(/C=C(\N)c2c(F)cccc2F)=C1N. The standard InChI is InChI=1S/C20H27F2N3O3/c1-20(2,27)11-25-17(26)10-28-16-8-3-5-12(19(16)24)9-15(23)18-13(21)6-4-7-14(18)22/h4,6-7,9,16,27H,3,5,8,10-11,23-24H2,1-2H3,(H,25,26)/b15-9-. The number of carbonyl (C=O) groups excluding carboxylic acids is 1. The maximum Gasteiger partial charge on any atom is 0.246 e. The molecule has 0 heterocycles. The van der Waals surface area contributed by atoms with Crippen molar-refractivity contribution in [2.75, 3.05) is 13.2 Å². The maximum absolute atomic E-state index is 13.9. The third-order valence-corrected chi connectivity index (χ3v) is 4.35. The van der Waals surface area contributed by atoms with Crippen molar-refractivity contribution in [2.24, 2.45) is 11.5 Å². The van der Waals surface area contributed by atoms with Crippen molar-refractivity contribution >= 4 is 11.6 Å². The highest BCUT2D eigenvalue weighted by molar-refractivity contribution is 5.77. The summed E-state index contributed by atoms with van der Waals surface area (Å²) in [6.07, 6.45) is 2.91. The van der Waals surface area contributed by atoms with E-state index in [1.165, 1.54) is 12.1 Å². The fraction of sp³-hybridized carbons (Fsp3) is 0.450. The molecule has 1 aromatic rings. The topological polar surface area (TPSA) is 111 Å². The lowest BCUT2D eigenvalue weighted by Crippen LogP contribution is -2.40. The summed E-state index contributed by atoms with van der Waals surface area (Å²) >= 11 is 0. The first-order valence-corrected chi connectivity index (χ1v) is 9.09. The third kappa shape index (κ3) is 6.03. The molecule has 0 fully saturated rings. The molecule has 8 heteroatoms. The summed E-state index contributed by atoms with van der Waals surface area (Å²) in [6, 6.07) is 3.54. The lowest BCUT2D eigenvalue weighted by molar-refractivity contribution is -0.128. The van der Waals surface area contributed by atoms with Crippen LogP contribution in [0.2, 0.25) is 0 Å². The van der Waals surface area contributed by atoms with E-state index in [0.717, 1.165) is 18.6 Å². The van der Waals surface area contributed by atoms with Crippen molar-refractivity contribution in [2.45, 2.75) is 44.8 Å². The lowest BCUT2D eigenvalue weighted by Gasteiger charge is -2.25. The Hall–Kier alpha value is -2.45. The van der Waals surface area contributed by atoms with Gasteiger partial charge in [0, 0.05) is 17.9 Å². The van der Waals surface area contributed by atoms with E-state index < -0.39 is 23.3 Å². The molecular formula is C20H27F2N3O3. The average molecular weight is 395 g/mol. The quantitative estimate of drug-likeness (QED) is 0.564. The lowest BCUT2D eigenvalue weighted by atomic mass is 9.92. The molecular weight excluding hydrogens is 368 g/mol. The van der Waals surface area contributed by atoms with Crippen molar-refractivity contribution in [1.29, 1.82) is 0 Å². The summed E-state index contributed by atoms with van der Waals surface area (Å²) in [7, 11) is 0. The van der Waals surface area contributed by atoms with Crippen LogP contribution in [-0.2, 0) is 9.53 Å². The van der Waals surface area contributed by atoms with E-state index >= 15 is 0 Å². The molecule has 0 saturated heterocycles. The van der Waals surface area contributed by atoms with E-state index in [-0.39, 0.29) is 30.3 Å². The van der Waals surface area contributed by atoms with Crippen LogP contribution in [0.25, 0.3) is 5.70 Å². The molecule has 1 aromatic carbocycles. The van der Waals surface area contributed by atoms with Gasteiger partial charge in [-0.2, -0.15) is 0 Å². The number of halogens is 2. The summed E-state index contributed by atoms with van der Waals surface area (Å²) in [5.74, 6) is -1.87. The van der Waals surface area contributed by atoms with Crippen LogP contribution < -0.4 is 16.8 Å². The summed E-state index contributed by atoms with van der Waals surface area (Å²) in [5.41, 5.74) is 11.7. The number of ether oxygens (including phenoxy) is 1. The van der Waals surface area contributed by atoms with Crippen LogP contribution in [-0.4, -0.2) is 35.9 Å². The molecule has 1 atom stereocenters. The summed E-state index contributed by atoms with van der Waals surface area (Å²) in [4.78, 5) is 11.8. The molecule has 0 aliphatic heterocycles. The summed E-state index contributed by atoms with van der Waals surface area (Å²) in [5, 5.41) is 12.2. The number of carbonyl (C=O) groups is 1. The minimum atomic E-state index is -1.02. The number of aliphatic hydroxyl groups is 1. The van der Waals surface area contributed by atoms with Gasteiger partial charge in [0.05, 0.1) is 17.3 Å². The van der Waals surface area contributed by atoms with E-state index in [9.17, 15) is 18.7 Å². The number of rotatable bonds is 7. The van der Waals surface area contributed by atoms with E-state index in [2.05, 4.69) is 5.32 Å². The second-order valence-corrected chi connectivity index (χ2v) is 7.46. The van der Waals surface area contributed by atoms with Gasteiger partial charge < -0.3 is 26.6 Å². The number of hydrogen-bond donors (Lipinski definition) is 4. The number of nitrogens with two attached hydrogens (primary N) is 2. The fourth-order valence-corrected chi connectivity index (χ4v) is 2.89. The minimum Gasteiger partial charge on any atom is -0.400 e. The van der Waals surface area contributed by atoms with E-state index in [1.54, 1.807) is 13.8 Å². The first-order chi connectivity index (χ1) is 13.1. The molecule has 1 unspecified atom stereocenters. The van der Waals surface area contributed by atoms with Gasteiger partial charge >= 0.3 is 0 Å².